The van der Waals surface area contributed by atoms with Crippen molar-refractivity contribution in [1.82, 2.24) is 14.5 Å². The lowest BCUT2D eigenvalue weighted by atomic mass is 10.0. The first kappa shape index (κ1) is 20.6. The van der Waals surface area contributed by atoms with Gasteiger partial charge in [0.2, 0.25) is 0 Å². The number of hydrogen-bond donors (Lipinski definition) is 3. The molecule has 8 nitrogen and oxygen atoms in total. The number of anilines is 1. The molecule has 0 radical (unpaired) electrons. The van der Waals surface area contributed by atoms with E-state index in [1.807, 2.05) is 47.4 Å². The number of likely N-dealkylation sites (tertiary alicyclic amines) is 1. The van der Waals surface area contributed by atoms with Crippen LogP contribution in [-0.4, -0.2) is 39.4 Å². The van der Waals surface area contributed by atoms with Gasteiger partial charge in [-0.05, 0) is 47.7 Å². The maximum Gasteiger partial charge on any atom is 0.271 e. The predicted molar refractivity (Wildman–Crippen MR) is 119 cm³/mol. The van der Waals surface area contributed by atoms with Crippen LogP contribution >= 0.6 is 0 Å². The molecule has 4 rings (SSSR count). The van der Waals surface area contributed by atoms with Crippen molar-refractivity contribution in [2.75, 3.05) is 18.8 Å². The zero-order chi connectivity index (χ0) is 22.0. The van der Waals surface area contributed by atoms with Crippen molar-refractivity contribution in [3.8, 4) is 11.1 Å². The first-order chi connectivity index (χ1) is 15.0. The Morgan fingerprint density at radius 2 is 1.74 bits per heavy atom. The summed E-state index contributed by atoms with van der Waals surface area (Å²) in [4.78, 5) is 30.2. The number of hydrogen-bond acceptors (Lipinski definition) is 5. The number of benzene rings is 2. The van der Waals surface area contributed by atoms with Gasteiger partial charge in [0.05, 0.1) is 6.33 Å². The van der Waals surface area contributed by atoms with Gasteiger partial charge in [0.1, 0.15) is 5.82 Å². The number of piperidine rings is 1. The topological polar surface area (TPSA) is 133 Å². The molecule has 0 saturated carbocycles. The number of aromatic nitrogens is 2. The lowest BCUT2D eigenvalue weighted by Gasteiger charge is -2.33. The summed E-state index contributed by atoms with van der Waals surface area (Å²) in [7, 11) is 0. The third-order valence-electron chi connectivity index (χ3n) is 5.84. The molecule has 0 unspecified atom stereocenters. The third kappa shape index (κ3) is 4.15. The van der Waals surface area contributed by atoms with Gasteiger partial charge in [-0.3, -0.25) is 9.59 Å². The summed E-state index contributed by atoms with van der Waals surface area (Å²) in [6.07, 6.45) is 3.01. The van der Waals surface area contributed by atoms with Gasteiger partial charge in [0.15, 0.2) is 5.69 Å². The number of nitrogens with two attached hydrogens (primary N) is 3. The number of carbonyl (C=O) groups is 2. The van der Waals surface area contributed by atoms with Gasteiger partial charge in [-0.15, -0.1) is 0 Å². The average molecular weight is 419 g/mol. The molecule has 1 fully saturated rings. The van der Waals surface area contributed by atoms with E-state index in [2.05, 4.69) is 11.1 Å². The standard InChI is InChI=1S/C23H26N6O2/c24-13-15-2-1-3-18(12-15)16-4-6-17(7-5-16)23(31)28-10-8-19(9-11-28)29-14-27-20(21(29)25)22(26)30/h1-7,12,14,19H,8-11,13,24-25H2,(H2,26,30). The minimum atomic E-state index is -0.637. The quantitative estimate of drug-likeness (QED) is 0.584. The van der Waals surface area contributed by atoms with Crippen LogP contribution in [-0.2, 0) is 6.54 Å². The number of amides is 2. The Balaban J connectivity index is 1.41. The Morgan fingerprint density at radius 3 is 2.35 bits per heavy atom. The highest BCUT2D eigenvalue weighted by Crippen LogP contribution is 2.28. The van der Waals surface area contributed by atoms with E-state index in [0.717, 1.165) is 29.5 Å². The molecule has 1 aliphatic heterocycles. The first-order valence-corrected chi connectivity index (χ1v) is 10.3. The van der Waals surface area contributed by atoms with Crippen LogP contribution < -0.4 is 17.2 Å². The number of carbonyl (C=O) groups excluding carboxylic acids is 2. The lowest BCUT2D eigenvalue weighted by Crippen LogP contribution is -2.39. The molecule has 2 heterocycles. The molecule has 0 bridgehead atoms. The summed E-state index contributed by atoms with van der Waals surface area (Å²) in [5, 5.41) is 0. The zero-order valence-electron chi connectivity index (χ0n) is 17.2. The maximum atomic E-state index is 13.0. The van der Waals surface area contributed by atoms with Crippen LogP contribution in [0.15, 0.2) is 54.9 Å². The molecule has 8 heteroatoms. The fourth-order valence-corrected chi connectivity index (χ4v) is 4.06. The van der Waals surface area contributed by atoms with Crippen molar-refractivity contribution in [2.45, 2.75) is 25.4 Å². The van der Waals surface area contributed by atoms with Crippen LogP contribution in [0, 0.1) is 0 Å². The number of primary amides is 1. The number of rotatable bonds is 5. The number of imidazole rings is 1. The van der Waals surface area contributed by atoms with Crippen molar-refractivity contribution in [2.24, 2.45) is 11.5 Å². The monoisotopic (exact) mass is 418 g/mol. The van der Waals surface area contributed by atoms with E-state index in [4.69, 9.17) is 17.2 Å². The first-order valence-electron chi connectivity index (χ1n) is 10.3. The summed E-state index contributed by atoms with van der Waals surface area (Å²) in [6.45, 7) is 1.70. The minimum Gasteiger partial charge on any atom is -0.383 e. The Morgan fingerprint density at radius 1 is 1.03 bits per heavy atom. The molecule has 1 aliphatic rings. The second-order valence-corrected chi connectivity index (χ2v) is 7.76. The molecular formula is C23H26N6O2. The van der Waals surface area contributed by atoms with E-state index in [0.29, 0.717) is 25.2 Å². The van der Waals surface area contributed by atoms with E-state index in [-0.39, 0.29) is 23.5 Å². The number of nitrogens with zero attached hydrogens (tertiary/aromatic N) is 3. The van der Waals surface area contributed by atoms with E-state index >= 15 is 0 Å². The average Bonchev–Trinajstić information content (AvgIpc) is 3.20. The van der Waals surface area contributed by atoms with Crippen molar-refractivity contribution in [1.29, 1.82) is 0 Å². The Kier molecular flexibility index (Phi) is 5.73. The predicted octanol–water partition coefficient (Wildman–Crippen LogP) is 2.17. The van der Waals surface area contributed by atoms with E-state index < -0.39 is 5.91 Å². The smallest absolute Gasteiger partial charge is 0.271 e. The highest BCUT2D eigenvalue weighted by Gasteiger charge is 2.26. The second-order valence-electron chi connectivity index (χ2n) is 7.76. The van der Waals surface area contributed by atoms with Crippen LogP contribution in [0.5, 0.6) is 0 Å². The normalized spacial score (nSPS) is 14.5. The fraction of sp³-hybridized carbons (Fsp3) is 0.261. The summed E-state index contributed by atoms with van der Waals surface area (Å²) < 4.78 is 1.78. The summed E-state index contributed by atoms with van der Waals surface area (Å²) >= 11 is 0. The molecule has 0 spiro atoms. The molecule has 6 N–H and O–H groups in total. The van der Waals surface area contributed by atoms with Crippen LogP contribution in [0.1, 0.15) is 45.3 Å². The molecule has 0 atom stereocenters. The van der Waals surface area contributed by atoms with Gasteiger partial charge in [-0.2, -0.15) is 0 Å². The van der Waals surface area contributed by atoms with Crippen molar-refractivity contribution >= 4 is 17.6 Å². The largest absolute Gasteiger partial charge is 0.383 e. The summed E-state index contributed by atoms with van der Waals surface area (Å²) in [5.41, 5.74) is 21.0. The molecule has 2 amide bonds. The molecular weight excluding hydrogens is 392 g/mol. The Hall–Kier alpha value is -3.65. The Bertz CT molecular complexity index is 1100. The molecule has 2 aromatic carbocycles. The van der Waals surface area contributed by atoms with Gasteiger partial charge in [-0.1, -0.05) is 30.3 Å². The molecule has 160 valence electrons. The van der Waals surface area contributed by atoms with Gasteiger partial charge in [-0.25, -0.2) is 4.98 Å². The zero-order valence-corrected chi connectivity index (χ0v) is 17.2. The Labute approximate surface area is 180 Å². The highest BCUT2D eigenvalue weighted by molar-refractivity contribution is 5.95. The van der Waals surface area contributed by atoms with Crippen LogP contribution in [0.25, 0.3) is 11.1 Å². The van der Waals surface area contributed by atoms with Crippen molar-refractivity contribution < 1.29 is 9.59 Å². The van der Waals surface area contributed by atoms with Crippen LogP contribution in [0.4, 0.5) is 5.82 Å². The highest BCUT2D eigenvalue weighted by atomic mass is 16.2. The van der Waals surface area contributed by atoms with Gasteiger partial charge < -0.3 is 26.7 Å². The molecule has 31 heavy (non-hydrogen) atoms. The SMILES string of the molecule is NCc1cccc(-c2ccc(C(=O)N3CCC(n4cnc(C(N)=O)c4N)CC3)cc2)c1. The third-order valence-corrected chi connectivity index (χ3v) is 5.84. The summed E-state index contributed by atoms with van der Waals surface area (Å²) in [5.74, 6) is -0.342. The van der Waals surface area contributed by atoms with Crippen molar-refractivity contribution in [3.63, 3.8) is 0 Å². The lowest BCUT2D eigenvalue weighted by molar-refractivity contribution is 0.0695. The van der Waals surface area contributed by atoms with Crippen molar-refractivity contribution in [3.05, 3.63) is 71.7 Å². The fourth-order valence-electron chi connectivity index (χ4n) is 4.06. The van der Waals surface area contributed by atoms with E-state index in [1.54, 1.807) is 10.9 Å². The molecule has 3 aromatic rings. The van der Waals surface area contributed by atoms with Gasteiger partial charge in [0, 0.05) is 31.2 Å². The van der Waals surface area contributed by atoms with Crippen LogP contribution in [0.2, 0.25) is 0 Å². The summed E-state index contributed by atoms with van der Waals surface area (Å²) in [6, 6.07) is 15.8. The number of nitrogen functional groups attached to an aromatic ring is 1. The van der Waals surface area contributed by atoms with E-state index in [1.165, 1.54) is 0 Å². The second kappa shape index (κ2) is 8.61. The van der Waals surface area contributed by atoms with Crippen LogP contribution in [0.3, 0.4) is 0 Å². The van der Waals surface area contributed by atoms with E-state index in [9.17, 15) is 9.59 Å². The molecule has 1 aromatic heterocycles. The minimum absolute atomic E-state index is 0.0112. The molecule has 1 saturated heterocycles. The molecule has 0 aliphatic carbocycles. The maximum absolute atomic E-state index is 13.0. The van der Waals surface area contributed by atoms with Gasteiger partial charge in [0.25, 0.3) is 11.8 Å². The van der Waals surface area contributed by atoms with Gasteiger partial charge >= 0.3 is 0 Å².